The number of anilines is 1. The number of hydrogen-bond donors (Lipinski definition) is 2. The first-order valence-corrected chi connectivity index (χ1v) is 6.84. The molecule has 0 saturated carbocycles. The van der Waals surface area contributed by atoms with Gasteiger partial charge in [0.25, 0.3) is 0 Å². The molecule has 0 fully saturated rings. The van der Waals surface area contributed by atoms with Crippen LogP contribution in [0, 0.1) is 0 Å². The molecular weight excluding hydrogens is 369 g/mol. The Morgan fingerprint density at radius 2 is 2.18 bits per heavy atom. The van der Waals surface area contributed by atoms with E-state index in [2.05, 4.69) is 36.5 Å². The fourth-order valence-electron chi connectivity index (χ4n) is 1.52. The van der Waals surface area contributed by atoms with E-state index in [1.165, 1.54) is 12.3 Å². The molecule has 6 nitrogen and oxygen atoms in total. The lowest BCUT2D eigenvalue weighted by Crippen LogP contribution is -2.28. The Morgan fingerprint density at radius 3 is 2.77 bits per heavy atom. The highest BCUT2D eigenvalue weighted by Gasteiger charge is 2.35. The van der Waals surface area contributed by atoms with Crippen LogP contribution in [-0.4, -0.2) is 22.5 Å². The number of rotatable bonds is 3. The van der Waals surface area contributed by atoms with Gasteiger partial charge in [0, 0.05) is 17.2 Å². The first kappa shape index (κ1) is 16.3. The van der Waals surface area contributed by atoms with Gasteiger partial charge in [0.05, 0.1) is 5.56 Å². The van der Waals surface area contributed by atoms with E-state index in [4.69, 9.17) is 4.42 Å². The summed E-state index contributed by atoms with van der Waals surface area (Å²) in [6.45, 7) is 2.16. The smallest absolute Gasteiger partial charge is 0.436 e. The number of nitrogens with one attached hydrogen (secondary N) is 2. The van der Waals surface area contributed by atoms with Crippen LogP contribution in [0.4, 0.5) is 23.8 Å². The Labute approximate surface area is 131 Å². The van der Waals surface area contributed by atoms with Gasteiger partial charge in [0.1, 0.15) is 12.1 Å². The molecule has 0 aliphatic carbocycles. The highest BCUT2D eigenvalue weighted by atomic mass is 79.9. The lowest BCUT2D eigenvalue weighted by molar-refractivity contribution is -0.141. The van der Waals surface area contributed by atoms with Gasteiger partial charge in [0.2, 0.25) is 5.89 Å². The molecule has 0 bridgehead atoms. The van der Waals surface area contributed by atoms with Gasteiger partial charge in [-0.2, -0.15) is 13.2 Å². The summed E-state index contributed by atoms with van der Waals surface area (Å²) in [5.41, 5.74) is -0.901. The second kappa shape index (κ2) is 6.34. The quantitative estimate of drug-likeness (QED) is 0.853. The van der Waals surface area contributed by atoms with Gasteiger partial charge in [-0.05, 0) is 28.9 Å². The second-order valence-corrected chi connectivity index (χ2v) is 4.92. The lowest BCUT2D eigenvalue weighted by Gasteiger charge is -2.07. The SMILES string of the molecule is CCNC(=O)Nc1cc(-c2nc(C(F)(F)F)co2)c(Br)cn1. The molecule has 22 heavy (non-hydrogen) atoms. The number of carbonyl (C=O) groups excluding carboxylic acids is 1. The van der Waals surface area contributed by atoms with Gasteiger partial charge in [-0.3, -0.25) is 5.32 Å². The van der Waals surface area contributed by atoms with Gasteiger partial charge < -0.3 is 9.73 Å². The summed E-state index contributed by atoms with van der Waals surface area (Å²) in [5, 5.41) is 4.95. The van der Waals surface area contributed by atoms with E-state index in [-0.39, 0.29) is 17.3 Å². The molecule has 2 aromatic rings. The number of pyridine rings is 1. The fourth-order valence-corrected chi connectivity index (χ4v) is 1.91. The minimum atomic E-state index is -4.59. The third kappa shape index (κ3) is 3.75. The van der Waals surface area contributed by atoms with Crippen molar-refractivity contribution in [2.75, 3.05) is 11.9 Å². The summed E-state index contributed by atoms with van der Waals surface area (Å²) in [7, 11) is 0. The van der Waals surface area contributed by atoms with Crippen LogP contribution in [-0.2, 0) is 6.18 Å². The molecule has 2 N–H and O–H groups in total. The molecule has 2 heterocycles. The lowest BCUT2D eigenvalue weighted by atomic mass is 10.2. The number of alkyl halides is 3. The number of nitrogens with zero attached hydrogens (tertiary/aromatic N) is 2. The van der Waals surface area contributed by atoms with Crippen LogP contribution in [0.25, 0.3) is 11.5 Å². The number of hydrogen-bond acceptors (Lipinski definition) is 4. The number of amides is 2. The molecule has 0 unspecified atom stereocenters. The molecule has 0 spiro atoms. The minimum Gasteiger partial charge on any atom is -0.444 e. The molecule has 10 heteroatoms. The third-order valence-corrected chi connectivity index (χ3v) is 3.09. The van der Waals surface area contributed by atoms with E-state index in [0.717, 1.165) is 0 Å². The Balaban J connectivity index is 2.30. The molecule has 0 saturated heterocycles. The zero-order chi connectivity index (χ0) is 16.3. The summed E-state index contributed by atoms with van der Waals surface area (Å²) in [5.74, 6) is -0.0866. The molecule has 0 atom stereocenters. The van der Waals surface area contributed by atoms with E-state index in [0.29, 0.717) is 17.3 Å². The zero-order valence-electron chi connectivity index (χ0n) is 11.2. The summed E-state index contributed by atoms with van der Waals surface area (Å²) in [4.78, 5) is 18.7. The highest BCUT2D eigenvalue weighted by Crippen LogP contribution is 2.33. The van der Waals surface area contributed by atoms with Crippen LogP contribution in [0.1, 0.15) is 12.6 Å². The van der Waals surface area contributed by atoms with Crippen molar-refractivity contribution >= 4 is 27.8 Å². The summed E-state index contributed by atoms with van der Waals surface area (Å²) in [6, 6.07) is 0.873. The maximum Gasteiger partial charge on any atom is 0.436 e. The van der Waals surface area contributed by atoms with E-state index < -0.39 is 17.9 Å². The Morgan fingerprint density at radius 1 is 1.45 bits per heavy atom. The molecule has 118 valence electrons. The zero-order valence-corrected chi connectivity index (χ0v) is 12.7. The van der Waals surface area contributed by atoms with Crippen molar-refractivity contribution in [3.63, 3.8) is 0 Å². The average Bonchev–Trinajstić information content (AvgIpc) is 2.90. The number of aromatic nitrogens is 2. The van der Waals surface area contributed by atoms with Gasteiger partial charge in [-0.25, -0.2) is 14.8 Å². The van der Waals surface area contributed by atoms with Crippen molar-refractivity contribution in [1.29, 1.82) is 0 Å². The minimum absolute atomic E-state index is 0.149. The highest BCUT2D eigenvalue weighted by molar-refractivity contribution is 9.10. The number of oxazole rings is 1. The molecule has 2 amide bonds. The molecule has 0 radical (unpaired) electrons. The van der Waals surface area contributed by atoms with E-state index >= 15 is 0 Å². The first-order valence-electron chi connectivity index (χ1n) is 6.04. The van der Waals surface area contributed by atoms with Crippen molar-refractivity contribution in [3.8, 4) is 11.5 Å². The Kier molecular flexibility index (Phi) is 4.69. The topological polar surface area (TPSA) is 80.0 Å². The summed E-state index contributed by atoms with van der Waals surface area (Å²) < 4.78 is 42.9. The van der Waals surface area contributed by atoms with Gasteiger partial charge in [0.15, 0.2) is 5.69 Å². The van der Waals surface area contributed by atoms with E-state index in [9.17, 15) is 18.0 Å². The maximum absolute atomic E-state index is 12.5. The second-order valence-electron chi connectivity index (χ2n) is 4.07. The van der Waals surface area contributed by atoms with Crippen LogP contribution in [0.3, 0.4) is 0 Å². The van der Waals surface area contributed by atoms with Crippen LogP contribution >= 0.6 is 15.9 Å². The predicted molar refractivity (Wildman–Crippen MR) is 75.1 cm³/mol. The average molecular weight is 379 g/mol. The number of urea groups is 1. The van der Waals surface area contributed by atoms with Crippen LogP contribution in [0.15, 0.2) is 27.4 Å². The largest absolute Gasteiger partial charge is 0.444 e. The molecule has 2 rings (SSSR count). The fraction of sp³-hybridized carbons (Fsp3) is 0.250. The molecule has 0 aliphatic heterocycles. The monoisotopic (exact) mass is 378 g/mol. The van der Waals surface area contributed by atoms with Crippen molar-refractivity contribution in [1.82, 2.24) is 15.3 Å². The van der Waals surface area contributed by atoms with E-state index in [1.807, 2.05) is 0 Å². The van der Waals surface area contributed by atoms with Gasteiger partial charge in [-0.15, -0.1) is 0 Å². The third-order valence-electron chi connectivity index (χ3n) is 2.46. The first-order chi connectivity index (χ1) is 10.3. The van der Waals surface area contributed by atoms with Gasteiger partial charge >= 0.3 is 12.2 Å². The predicted octanol–water partition coefficient (Wildman–Crippen LogP) is 3.66. The Hall–Kier alpha value is -2.10. The van der Waals surface area contributed by atoms with Crippen molar-refractivity contribution < 1.29 is 22.4 Å². The summed E-state index contributed by atoms with van der Waals surface area (Å²) in [6.07, 6.45) is -2.74. The molecular formula is C12H10BrF3N4O2. The normalized spacial score (nSPS) is 11.3. The van der Waals surface area contributed by atoms with Crippen LogP contribution in [0.2, 0.25) is 0 Å². The number of carbonyl (C=O) groups is 1. The van der Waals surface area contributed by atoms with E-state index in [1.54, 1.807) is 6.92 Å². The maximum atomic E-state index is 12.5. The van der Waals surface area contributed by atoms with Crippen LogP contribution < -0.4 is 10.6 Å². The molecule has 2 aromatic heterocycles. The van der Waals surface area contributed by atoms with Crippen LogP contribution in [0.5, 0.6) is 0 Å². The molecule has 0 aliphatic rings. The standard InChI is InChI=1S/C12H10BrF3N4O2/c1-2-17-11(21)20-9-3-6(7(13)4-18-9)10-19-8(5-22-10)12(14,15)16/h3-5H,2H2,1H3,(H2,17,18,20,21). The van der Waals surface area contributed by atoms with Gasteiger partial charge in [-0.1, -0.05) is 0 Å². The molecule has 0 aromatic carbocycles. The number of halogens is 4. The Bertz CT molecular complexity index is 687. The van der Waals surface area contributed by atoms with Crippen molar-refractivity contribution in [2.45, 2.75) is 13.1 Å². The van der Waals surface area contributed by atoms with Crippen molar-refractivity contribution in [2.24, 2.45) is 0 Å². The van der Waals surface area contributed by atoms with Crippen molar-refractivity contribution in [3.05, 3.63) is 28.7 Å². The summed E-state index contributed by atoms with van der Waals surface area (Å²) >= 11 is 3.15.